The predicted molar refractivity (Wildman–Crippen MR) is 40.8 cm³/mol. The van der Waals surface area contributed by atoms with Crippen molar-refractivity contribution in [3.63, 3.8) is 0 Å². The van der Waals surface area contributed by atoms with Gasteiger partial charge in [-0.2, -0.15) is 0 Å². The van der Waals surface area contributed by atoms with Crippen molar-refractivity contribution in [1.29, 1.82) is 0 Å². The maximum absolute atomic E-state index is 9.84. The first-order valence-electron chi connectivity index (χ1n) is 3.74. The van der Waals surface area contributed by atoms with Crippen LogP contribution in [0.2, 0.25) is 3.93 Å². The van der Waals surface area contributed by atoms with Crippen LogP contribution in [0.25, 0.3) is 0 Å². The molecule has 1 N–H and O–H groups in total. The third kappa shape index (κ3) is 2.27. The SMILES string of the molecule is CC(O)([CH2][Hg])c1ccccc1. The van der Waals surface area contributed by atoms with E-state index in [0.717, 1.165) is 9.49 Å². The van der Waals surface area contributed by atoms with Crippen LogP contribution in [-0.2, 0) is 31.7 Å². The van der Waals surface area contributed by atoms with Gasteiger partial charge in [-0.05, 0) is 0 Å². The van der Waals surface area contributed by atoms with Crippen molar-refractivity contribution < 1.29 is 31.2 Å². The van der Waals surface area contributed by atoms with Crippen molar-refractivity contribution in [2.45, 2.75) is 16.5 Å². The first-order chi connectivity index (χ1) is 5.17. The van der Waals surface area contributed by atoms with Crippen LogP contribution >= 0.6 is 0 Å². The molecule has 1 atom stereocenters. The minimum absolute atomic E-state index is 0.579. The molecule has 0 aromatic heterocycles. The molecule has 2 heteroatoms. The summed E-state index contributed by atoms with van der Waals surface area (Å²) in [5.41, 5.74) is 0.458. The Hall–Kier alpha value is 0.115. The van der Waals surface area contributed by atoms with Crippen LogP contribution in [0.1, 0.15) is 12.5 Å². The Morgan fingerprint density at radius 1 is 1.36 bits per heavy atom. The third-order valence-electron chi connectivity index (χ3n) is 1.88. The van der Waals surface area contributed by atoms with E-state index in [-0.39, 0.29) is 0 Å². The zero-order valence-electron chi connectivity index (χ0n) is 6.75. The van der Waals surface area contributed by atoms with E-state index < -0.39 is 5.60 Å². The summed E-state index contributed by atoms with van der Waals surface area (Å²) in [5.74, 6) is 0. The maximum atomic E-state index is 9.84. The molecule has 0 aliphatic carbocycles. The summed E-state index contributed by atoms with van der Waals surface area (Å²) in [6.07, 6.45) is 0. The van der Waals surface area contributed by atoms with Crippen LogP contribution in [0.4, 0.5) is 0 Å². The van der Waals surface area contributed by atoms with E-state index in [1.54, 1.807) is 0 Å². The summed E-state index contributed by atoms with van der Waals surface area (Å²) in [7, 11) is 0. The molecule has 0 heterocycles. The van der Waals surface area contributed by atoms with Crippen molar-refractivity contribution in [2.24, 2.45) is 0 Å². The molecule has 11 heavy (non-hydrogen) atoms. The zero-order chi connectivity index (χ0) is 8.32. The van der Waals surface area contributed by atoms with E-state index in [2.05, 4.69) is 0 Å². The van der Waals surface area contributed by atoms with Crippen molar-refractivity contribution in [1.82, 2.24) is 0 Å². The quantitative estimate of drug-likeness (QED) is 0.818. The Bertz CT molecular complexity index is 218. The topological polar surface area (TPSA) is 20.2 Å². The van der Waals surface area contributed by atoms with Gasteiger partial charge in [0, 0.05) is 0 Å². The van der Waals surface area contributed by atoms with Gasteiger partial charge in [-0.15, -0.1) is 0 Å². The third-order valence-corrected chi connectivity index (χ3v) is 5.67. The van der Waals surface area contributed by atoms with Crippen LogP contribution in [0.5, 0.6) is 0 Å². The number of rotatable bonds is 2. The molecule has 0 bridgehead atoms. The molecule has 0 amide bonds. The molecule has 55 valence electrons. The average molecular weight is 336 g/mol. The molecular weight excluding hydrogens is 325 g/mol. The van der Waals surface area contributed by atoms with Gasteiger partial charge < -0.3 is 0 Å². The molecule has 1 aromatic rings. The summed E-state index contributed by atoms with van der Waals surface area (Å²) in [4.78, 5) is 0. The van der Waals surface area contributed by atoms with Gasteiger partial charge >= 0.3 is 83.6 Å². The van der Waals surface area contributed by atoms with Gasteiger partial charge in [0.1, 0.15) is 0 Å². The Morgan fingerprint density at radius 2 is 1.91 bits per heavy atom. The standard InChI is InChI=1S/C9H11O.Hg/c1-9(2,10)8-6-4-3-5-7-8;/h3-7,10H,1H2,2H3;. The fourth-order valence-corrected chi connectivity index (χ4v) is 2.06. The van der Waals surface area contributed by atoms with Crippen LogP contribution in [-0.4, -0.2) is 5.11 Å². The molecule has 0 aliphatic heterocycles. The predicted octanol–water partition coefficient (Wildman–Crippen LogP) is 1.86. The Labute approximate surface area is 83.4 Å². The first-order valence-corrected chi connectivity index (χ1v) is 7.63. The summed E-state index contributed by atoms with van der Waals surface area (Å²) in [6.45, 7) is 1.88. The molecule has 0 fully saturated rings. The summed E-state index contributed by atoms with van der Waals surface area (Å²) >= 11 is 0.653. The number of hydrogen-bond acceptors (Lipinski definition) is 1. The minimum atomic E-state index is -0.579. The second-order valence-electron chi connectivity index (χ2n) is 2.89. The second-order valence-corrected chi connectivity index (χ2v) is 4.83. The van der Waals surface area contributed by atoms with Crippen molar-refractivity contribution in [3.8, 4) is 0 Å². The number of hydrogen-bond donors (Lipinski definition) is 1. The van der Waals surface area contributed by atoms with E-state index in [9.17, 15) is 5.11 Å². The monoisotopic (exact) mass is 337 g/mol. The van der Waals surface area contributed by atoms with Gasteiger partial charge in [0.25, 0.3) is 0 Å². The molecule has 0 saturated carbocycles. The van der Waals surface area contributed by atoms with Crippen molar-refractivity contribution in [2.75, 3.05) is 0 Å². The number of aliphatic hydroxyl groups is 1. The molecular formula is C9H11HgO. The summed E-state index contributed by atoms with van der Waals surface area (Å²) in [6, 6.07) is 9.86. The molecule has 1 nitrogen and oxygen atoms in total. The average Bonchev–Trinajstić information content (AvgIpc) is 2.06. The molecule has 0 saturated heterocycles. The summed E-state index contributed by atoms with van der Waals surface area (Å²) in [5, 5.41) is 9.84. The molecule has 1 unspecified atom stereocenters. The normalized spacial score (nSPS) is 16.0. The second kappa shape index (κ2) is 3.68. The van der Waals surface area contributed by atoms with Gasteiger partial charge in [0.05, 0.1) is 0 Å². The molecule has 1 aromatic carbocycles. The molecule has 1 rings (SSSR count). The van der Waals surface area contributed by atoms with E-state index in [1.807, 2.05) is 37.3 Å². The van der Waals surface area contributed by atoms with Crippen molar-refractivity contribution >= 4 is 0 Å². The van der Waals surface area contributed by atoms with E-state index in [0.29, 0.717) is 26.1 Å². The Kier molecular flexibility index (Phi) is 3.08. The van der Waals surface area contributed by atoms with Crippen LogP contribution in [0.15, 0.2) is 30.3 Å². The molecule has 0 aliphatic rings. The fourth-order valence-electron chi connectivity index (χ4n) is 0.942. The fraction of sp³-hybridized carbons (Fsp3) is 0.333. The van der Waals surface area contributed by atoms with Crippen LogP contribution < -0.4 is 0 Å². The van der Waals surface area contributed by atoms with Gasteiger partial charge in [-0.25, -0.2) is 0 Å². The van der Waals surface area contributed by atoms with E-state index >= 15 is 0 Å². The van der Waals surface area contributed by atoms with Gasteiger partial charge in [0.15, 0.2) is 0 Å². The van der Waals surface area contributed by atoms with Gasteiger partial charge in [-0.3, -0.25) is 0 Å². The molecule has 0 spiro atoms. The van der Waals surface area contributed by atoms with Crippen LogP contribution in [0.3, 0.4) is 0 Å². The van der Waals surface area contributed by atoms with Gasteiger partial charge in [0.2, 0.25) is 0 Å². The van der Waals surface area contributed by atoms with Gasteiger partial charge in [-0.1, -0.05) is 0 Å². The van der Waals surface area contributed by atoms with E-state index in [4.69, 9.17) is 0 Å². The zero-order valence-corrected chi connectivity index (χ0v) is 12.2. The summed E-state index contributed by atoms with van der Waals surface area (Å²) < 4.78 is 0.941. The Balaban J connectivity index is 2.93. The molecule has 0 radical (unpaired) electrons. The number of benzene rings is 1. The van der Waals surface area contributed by atoms with E-state index in [1.165, 1.54) is 0 Å². The van der Waals surface area contributed by atoms with Crippen molar-refractivity contribution in [3.05, 3.63) is 35.9 Å². The first kappa shape index (κ1) is 9.21. The van der Waals surface area contributed by atoms with Crippen LogP contribution in [0, 0.1) is 0 Å². The Morgan fingerprint density at radius 3 is 2.36 bits per heavy atom.